The molecule has 9 rings (SSSR count). The highest BCUT2D eigenvalue weighted by atomic mass is 16.5. The summed E-state index contributed by atoms with van der Waals surface area (Å²) in [5.41, 5.74) is 11.9. The molecule has 2 nitrogen and oxygen atoms in total. The lowest BCUT2D eigenvalue weighted by Gasteiger charge is -2.22. The number of rotatable bonds is 4. The van der Waals surface area contributed by atoms with Crippen molar-refractivity contribution in [3.05, 3.63) is 167 Å². The molecule has 4 atom stereocenters. The molecule has 4 unspecified atom stereocenters. The van der Waals surface area contributed by atoms with Crippen LogP contribution in [0.2, 0.25) is 0 Å². The third kappa shape index (κ3) is 4.16. The van der Waals surface area contributed by atoms with Crippen LogP contribution in [0.1, 0.15) is 53.5 Å². The number of ether oxygens (including phenoxy) is 1. The van der Waals surface area contributed by atoms with E-state index in [9.17, 15) is 0 Å². The van der Waals surface area contributed by atoms with Crippen LogP contribution in [0, 0.1) is 5.92 Å². The Kier molecular flexibility index (Phi) is 6.07. The summed E-state index contributed by atoms with van der Waals surface area (Å²) in [6.45, 7) is 0. The maximum absolute atomic E-state index is 6.62. The van der Waals surface area contributed by atoms with E-state index in [-0.39, 0.29) is 12.0 Å². The smallest absolute Gasteiger partial charge is 0.127 e. The molecule has 5 aliphatic rings. The molecule has 4 aliphatic carbocycles. The van der Waals surface area contributed by atoms with E-state index in [4.69, 9.17) is 4.74 Å². The lowest BCUT2D eigenvalue weighted by molar-refractivity contribution is 0.151. The van der Waals surface area contributed by atoms with Gasteiger partial charge < -0.3 is 9.30 Å². The van der Waals surface area contributed by atoms with Crippen molar-refractivity contribution in [2.45, 2.75) is 43.6 Å². The van der Waals surface area contributed by atoms with E-state index in [0.717, 1.165) is 31.4 Å². The van der Waals surface area contributed by atoms with Crippen molar-refractivity contribution < 1.29 is 4.74 Å². The fourth-order valence-electron chi connectivity index (χ4n) is 7.91. The Balaban J connectivity index is 1.20. The van der Waals surface area contributed by atoms with Gasteiger partial charge in [-0.25, -0.2) is 0 Å². The maximum Gasteiger partial charge on any atom is 0.127 e. The van der Waals surface area contributed by atoms with Crippen LogP contribution in [0.5, 0.6) is 0 Å². The average molecular weight is 570 g/mol. The van der Waals surface area contributed by atoms with Crippen LogP contribution in [0.4, 0.5) is 0 Å². The molecule has 4 aromatic rings. The molecule has 0 spiro atoms. The lowest BCUT2D eigenvalue weighted by atomic mass is 9.82. The van der Waals surface area contributed by atoms with Gasteiger partial charge in [-0.2, -0.15) is 0 Å². The Morgan fingerprint density at radius 2 is 1.61 bits per heavy atom. The minimum atomic E-state index is 0.122. The predicted octanol–water partition coefficient (Wildman–Crippen LogP) is 10.3. The topological polar surface area (TPSA) is 14.2 Å². The van der Waals surface area contributed by atoms with Gasteiger partial charge in [0, 0.05) is 45.7 Å². The van der Waals surface area contributed by atoms with Gasteiger partial charge in [0.1, 0.15) is 11.9 Å². The number of aromatic nitrogens is 1. The normalized spacial score (nSPS) is 24.5. The molecule has 0 saturated heterocycles. The Hall–Kier alpha value is -4.82. The summed E-state index contributed by atoms with van der Waals surface area (Å²) in [5.74, 6) is 2.12. The third-order valence-electron chi connectivity index (χ3n) is 10.1. The largest absolute Gasteiger partial charge is 0.489 e. The summed E-state index contributed by atoms with van der Waals surface area (Å²) in [4.78, 5) is 0. The molecule has 0 saturated carbocycles. The Morgan fingerprint density at radius 3 is 2.52 bits per heavy atom. The number of hydrogen-bond acceptors (Lipinski definition) is 1. The minimum absolute atomic E-state index is 0.122. The van der Waals surface area contributed by atoms with Gasteiger partial charge in [0.15, 0.2) is 0 Å². The molecule has 0 radical (unpaired) electrons. The summed E-state index contributed by atoms with van der Waals surface area (Å²) < 4.78 is 9.18. The maximum atomic E-state index is 6.62. The first-order chi connectivity index (χ1) is 21.8. The van der Waals surface area contributed by atoms with E-state index < -0.39 is 0 Å². The molecule has 1 aromatic heterocycles. The van der Waals surface area contributed by atoms with Gasteiger partial charge >= 0.3 is 0 Å². The van der Waals surface area contributed by atoms with Gasteiger partial charge in [-0.3, -0.25) is 0 Å². The van der Waals surface area contributed by atoms with E-state index in [0.29, 0.717) is 11.8 Å². The van der Waals surface area contributed by atoms with E-state index in [2.05, 4.69) is 144 Å². The molecule has 0 bridgehead atoms. The highest BCUT2D eigenvalue weighted by molar-refractivity contribution is 5.94. The van der Waals surface area contributed by atoms with E-state index in [1.807, 2.05) is 0 Å². The summed E-state index contributed by atoms with van der Waals surface area (Å²) in [5, 5.41) is 1.34. The third-order valence-corrected chi connectivity index (χ3v) is 10.1. The summed E-state index contributed by atoms with van der Waals surface area (Å²) >= 11 is 0. The van der Waals surface area contributed by atoms with E-state index >= 15 is 0 Å². The molecule has 2 heteroatoms. The summed E-state index contributed by atoms with van der Waals surface area (Å²) in [6, 6.07) is 25.3. The van der Waals surface area contributed by atoms with Crippen LogP contribution in [0.25, 0.3) is 33.8 Å². The molecular weight excluding hydrogens is 534 g/mol. The first kappa shape index (κ1) is 25.7. The molecule has 214 valence electrons. The van der Waals surface area contributed by atoms with Crippen molar-refractivity contribution in [2.75, 3.05) is 0 Å². The molecule has 0 amide bonds. The highest BCUT2D eigenvalue weighted by Gasteiger charge is 2.38. The molecule has 0 fully saturated rings. The van der Waals surface area contributed by atoms with Gasteiger partial charge in [0.05, 0.1) is 5.52 Å². The molecule has 0 N–H and O–H groups in total. The zero-order valence-electron chi connectivity index (χ0n) is 24.8. The van der Waals surface area contributed by atoms with Crippen LogP contribution >= 0.6 is 0 Å². The van der Waals surface area contributed by atoms with Crippen LogP contribution in [0.15, 0.2) is 145 Å². The van der Waals surface area contributed by atoms with Gasteiger partial charge in [-0.05, 0) is 78.3 Å². The van der Waals surface area contributed by atoms with Crippen molar-refractivity contribution in [3.8, 4) is 16.8 Å². The van der Waals surface area contributed by atoms with Gasteiger partial charge in [0.2, 0.25) is 0 Å². The van der Waals surface area contributed by atoms with Crippen molar-refractivity contribution in [2.24, 2.45) is 5.92 Å². The first-order valence-corrected chi connectivity index (χ1v) is 16.1. The summed E-state index contributed by atoms with van der Waals surface area (Å²) in [7, 11) is 0. The quantitative estimate of drug-likeness (QED) is 0.238. The zero-order valence-corrected chi connectivity index (χ0v) is 24.8. The SMILES string of the molecule is C1=CCC(c2cc(-c3ccccc3)cc(-n3c4c(c5cc(C6CC=CC7=C6OC6C=CC=CC76)ccc53)C=CCC4)c2)C=C1. The Labute approximate surface area is 259 Å². The number of benzene rings is 3. The number of nitrogens with zero attached hydrogens (tertiary/aromatic N) is 1. The first-order valence-electron chi connectivity index (χ1n) is 16.1. The fourth-order valence-corrected chi connectivity index (χ4v) is 7.91. The Bertz CT molecular complexity index is 2010. The lowest BCUT2D eigenvalue weighted by Crippen LogP contribution is -2.15. The molecular formula is C42H35NO. The number of hydrogen-bond donors (Lipinski definition) is 0. The van der Waals surface area contributed by atoms with Gasteiger partial charge in [-0.1, -0.05) is 109 Å². The number of allylic oxidation sites excluding steroid dienone is 10. The zero-order chi connectivity index (χ0) is 29.0. The van der Waals surface area contributed by atoms with Crippen molar-refractivity contribution in [1.82, 2.24) is 4.57 Å². The van der Waals surface area contributed by atoms with Gasteiger partial charge in [0.25, 0.3) is 0 Å². The summed E-state index contributed by atoms with van der Waals surface area (Å²) in [6.07, 6.45) is 31.4. The minimum Gasteiger partial charge on any atom is -0.489 e. The van der Waals surface area contributed by atoms with E-state index in [1.54, 1.807) is 0 Å². The fraction of sp³-hybridized carbons (Fsp3) is 0.190. The molecule has 44 heavy (non-hydrogen) atoms. The Morgan fingerprint density at radius 1 is 0.705 bits per heavy atom. The molecule has 3 aromatic carbocycles. The second-order valence-electron chi connectivity index (χ2n) is 12.6. The van der Waals surface area contributed by atoms with Crippen LogP contribution in [-0.2, 0) is 11.2 Å². The van der Waals surface area contributed by atoms with Crippen molar-refractivity contribution in [1.29, 1.82) is 0 Å². The second kappa shape index (κ2) is 10.4. The van der Waals surface area contributed by atoms with Crippen molar-refractivity contribution >= 4 is 17.0 Å². The van der Waals surface area contributed by atoms with Gasteiger partial charge in [-0.15, -0.1) is 0 Å². The number of fused-ring (bicyclic) bond motifs is 5. The van der Waals surface area contributed by atoms with Crippen LogP contribution in [0.3, 0.4) is 0 Å². The second-order valence-corrected chi connectivity index (χ2v) is 12.6. The van der Waals surface area contributed by atoms with Crippen LogP contribution < -0.4 is 0 Å². The molecule has 2 heterocycles. The molecule has 1 aliphatic heterocycles. The predicted molar refractivity (Wildman–Crippen MR) is 182 cm³/mol. The van der Waals surface area contributed by atoms with Crippen molar-refractivity contribution in [3.63, 3.8) is 0 Å². The average Bonchev–Trinajstić information content (AvgIpc) is 3.64. The highest BCUT2D eigenvalue weighted by Crippen LogP contribution is 2.47. The van der Waals surface area contributed by atoms with E-state index in [1.165, 1.54) is 55.7 Å². The monoisotopic (exact) mass is 569 g/mol. The van der Waals surface area contributed by atoms with Crippen LogP contribution in [-0.4, -0.2) is 10.7 Å². The standard InChI is InChI=1S/C42H35NO/c1-3-12-28(13-4-1)31-24-32(29-14-5-2-6-15-29)26-33(25-31)43-39-20-9-7-16-35(39)38-27-30(22-23-40(38)43)34-18-11-19-37-36-17-8-10-21-41(36)44-42(34)37/h1-8,10-14,16-17,19,21-27,29,34,36,41H,9,15,18,20H2.